The topological polar surface area (TPSA) is 103 Å². The molecular formula is C20H28N4O5S2. The van der Waals surface area contributed by atoms with Crippen LogP contribution in [-0.2, 0) is 30.8 Å². The van der Waals surface area contributed by atoms with Gasteiger partial charge >= 0.3 is 0 Å². The molecule has 11 heteroatoms. The van der Waals surface area contributed by atoms with E-state index in [0.717, 1.165) is 25.0 Å². The van der Waals surface area contributed by atoms with Crippen LogP contribution in [0.5, 0.6) is 0 Å². The summed E-state index contributed by atoms with van der Waals surface area (Å²) in [5.74, 6) is 0.181. The van der Waals surface area contributed by atoms with Gasteiger partial charge in [-0.1, -0.05) is 11.8 Å². The third kappa shape index (κ3) is 5.06. The molecule has 2 aliphatic rings. The number of carbonyl (C=O) groups excluding carboxylic acids is 1. The van der Waals surface area contributed by atoms with Crippen LogP contribution < -0.4 is 5.32 Å². The zero-order valence-electron chi connectivity index (χ0n) is 17.6. The van der Waals surface area contributed by atoms with Crippen LogP contribution in [0.3, 0.4) is 0 Å². The van der Waals surface area contributed by atoms with Gasteiger partial charge in [-0.15, -0.1) is 0 Å². The molecular weight excluding hydrogens is 440 g/mol. The van der Waals surface area contributed by atoms with E-state index in [1.165, 1.54) is 16.1 Å². The quantitative estimate of drug-likeness (QED) is 0.585. The Morgan fingerprint density at radius 3 is 2.81 bits per heavy atom. The van der Waals surface area contributed by atoms with Gasteiger partial charge in [0.2, 0.25) is 15.9 Å². The Morgan fingerprint density at radius 1 is 1.29 bits per heavy atom. The average Bonchev–Trinajstić information content (AvgIpc) is 3.43. The van der Waals surface area contributed by atoms with Gasteiger partial charge in [0.15, 0.2) is 5.16 Å². The Hall–Kier alpha value is -1.66. The molecule has 0 bridgehead atoms. The Labute approximate surface area is 186 Å². The predicted octanol–water partition coefficient (Wildman–Crippen LogP) is 1.46. The van der Waals surface area contributed by atoms with E-state index >= 15 is 0 Å². The summed E-state index contributed by atoms with van der Waals surface area (Å²) in [7, 11) is -3.58. The maximum Gasteiger partial charge on any atom is 0.243 e. The molecule has 2 saturated heterocycles. The van der Waals surface area contributed by atoms with Gasteiger partial charge in [-0.2, -0.15) is 4.31 Å². The zero-order chi connectivity index (χ0) is 21.8. The van der Waals surface area contributed by atoms with E-state index in [1.54, 1.807) is 18.2 Å². The lowest BCUT2D eigenvalue weighted by atomic mass is 10.2. The number of morpholine rings is 1. The van der Waals surface area contributed by atoms with E-state index in [-0.39, 0.29) is 22.7 Å². The fraction of sp³-hybridized carbons (Fsp3) is 0.600. The smallest absolute Gasteiger partial charge is 0.243 e. The van der Waals surface area contributed by atoms with Crippen molar-refractivity contribution in [1.82, 2.24) is 19.2 Å². The maximum absolute atomic E-state index is 13.0. The summed E-state index contributed by atoms with van der Waals surface area (Å²) < 4.78 is 40.1. The number of hydrogen-bond acceptors (Lipinski definition) is 7. The maximum atomic E-state index is 13.0. The number of nitrogens with zero attached hydrogens (tertiary/aromatic N) is 3. The SMILES string of the molecule is CCn1c(SCC(=O)NCC2CCCO2)nc2cc(S(=O)(=O)N3CCOCC3)ccc21. The number of aromatic nitrogens is 2. The second-order valence-electron chi connectivity index (χ2n) is 7.53. The number of amides is 1. The number of rotatable bonds is 8. The molecule has 0 aliphatic carbocycles. The highest BCUT2D eigenvalue weighted by Crippen LogP contribution is 2.27. The van der Waals surface area contributed by atoms with Crippen molar-refractivity contribution in [3.05, 3.63) is 18.2 Å². The van der Waals surface area contributed by atoms with E-state index in [1.807, 2.05) is 11.5 Å². The molecule has 1 amide bonds. The van der Waals surface area contributed by atoms with Crippen LogP contribution in [0.4, 0.5) is 0 Å². The van der Waals surface area contributed by atoms with Crippen LogP contribution in [0, 0.1) is 0 Å². The van der Waals surface area contributed by atoms with E-state index in [2.05, 4.69) is 10.3 Å². The number of benzene rings is 1. The highest BCUT2D eigenvalue weighted by molar-refractivity contribution is 7.99. The third-order valence-electron chi connectivity index (χ3n) is 5.49. The largest absolute Gasteiger partial charge is 0.379 e. The summed E-state index contributed by atoms with van der Waals surface area (Å²) in [6.07, 6.45) is 2.13. The van der Waals surface area contributed by atoms with Gasteiger partial charge in [-0.3, -0.25) is 4.79 Å². The number of thioether (sulfide) groups is 1. The number of aryl methyl sites for hydroxylation is 1. The number of nitrogens with one attached hydrogen (secondary N) is 1. The number of imidazole rings is 1. The molecule has 3 heterocycles. The first-order valence-corrected chi connectivity index (χ1v) is 13.0. The molecule has 9 nitrogen and oxygen atoms in total. The lowest BCUT2D eigenvalue weighted by Crippen LogP contribution is -2.40. The molecule has 1 aromatic heterocycles. The van der Waals surface area contributed by atoms with Gasteiger partial charge in [0.1, 0.15) is 0 Å². The van der Waals surface area contributed by atoms with Crippen LogP contribution in [0.1, 0.15) is 19.8 Å². The van der Waals surface area contributed by atoms with Crippen molar-refractivity contribution >= 4 is 38.7 Å². The average molecular weight is 469 g/mol. The standard InChI is InChI=1S/C20H28N4O5S2/c1-2-24-18-6-5-16(31(26,27)23-7-10-28-11-8-23)12-17(18)22-20(24)30-14-19(25)21-13-15-4-3-9-29-15/h5-6,12,15H,2-4,7-11,13-14H2,1H3,(H,21,25). The van der Waals surface area contributed by atoms with Crippen LogP contribution in [-0.4, -0.2) is 79.5 Å². The summed E-state index contributed by atoms with van der Waals surface area (Å²) >= 11 is 1.35. The third-order valence-corrected chi connectivity index (χ3v) is 8.36. The van der Waals surface area contributed by atoms with Gasteiger partial charge < -0.3 is 19.4 Å². The number of hydrogen-bond donors (Lipinski definition) is 1. The highest BCUT2D eigenvalue weighted by atomic mass is 32.2. The Bertz CT molecular complexity index is 1030. The molecule has 0 spiro atoms. The van der Waals surface area contributed by atoms with Crippen LogP contribution in [0.2, 0.25) is 0 Å². The van der Waals surface area contributed by atoms with Crippen molar-refractivity contribution in [2.45, 2.75) is 42.5 Å². The molecule has 31 heavy (non-hydrogen) atoms. The summed E-state index contributed by atoms with van der Waals surface area (Å²) in [6, 6.07) is 5.04. The first-order valence-electron chi connectivity index (χ1n) is 10.6. The van der Waals surface area contributed by atoms with E-state index in [9.17, 15) is 13.2 Å². The summed E-state index contributed by atoms with van der Waals surface area (Å²) in [5.41, 5.74) is 1.46. The monoisotopic (exact) mass is 468 g/mol. The minimum Gasteiger partial charge on any atom is -0.379 e. The van der Waals surface area contributed by atoms with Crippen molar-refractivity contribution in [2.75, 3.05) is 45.2 Å². The summed E-state index contributed by atoms with van der Waals surface area (Å²) in [5, 5.41) is 3.61. The Kier molecular flexibility index (Phi) is 7.17. The van der Waals surface area contributed by atoms with E-state index < -0.39 is 10.0 Å². The first-order chi connectivity index (χ1) is 15.0. The molecule has 1 aromatic carbocycles. The second kappa shape index (κ2) is 9.86. The number of fused-ring (bicyclic) bond motifs is 1. The molecule has 0 saturated carbocycles. The van der Waals surface area contributed by atoms with Gasteiger partial charge in [0.05, 0.1) is 41.0 Å². The molecule has 1 atom stereocenters. The first kappa shape index (κ1) is 22.5. The zero-order valence-corrected chi connectivity index (χ0v) is 19.2. The van der Waals surface area contributed by atoms with E-state index in [0.29, 0.717) is 50.1 Å². The van der Waals surface area contributed by atoms with Crippen molar-refractivity contribution in [2.24, 2.45) is 0 Å². The summed E-state index contributed by atoms with van der Waals surface area (Å²) in [4.78, 5) is 17.1. The van der Waals surface area contributed by atoms with Crippen LogP contribution in [0.15, 0.2) is 28.3 Å². The van der Waals surface area contributed by atoms with Gasteiger partial charge in [-0.05, 0) is 38.0 Å². The molecule has 0 radical (unpaired) electrons. The number of ether oxygens (including phenoxy) is 2. The van der Waals surface area contributed by atoms with Gasteiger partial charge in [0, 0.05) is 32.8 Å². The molecule has 2 aromatic rings. The molecule has 2 fully saturated rings. The molecule has 1 N–H and O–H groups in total. The number of sulfonamides is 1. The minimum atomic E-state index is -3.58. The van der Waals surface area contributed by atoms with Crippen molar-refractivity contribution < 1.29 is 22.7 Å². The fourth-order valence-electron chi connectivity index (χ4n) is 3.81. The van der Waals surface area contributed by atoms with Crippen LogP contribution >= 0.6 is 11.8 Å². The lowest BCUT2D eigenvalue weighted by Gasteiger charge is -2.26. The Morgan fingerprint density at radius 2 is 2.10 bits per heavy atom. The molecule has 170 valence electrons. The van der Waals surface area contributed by atoms with Gasteiger partial charge in [0.25, 0.3) is 0 Å². The van der Waals surface area contributed by atoms with Crippen LogP contribution in [0.25, 0.3) is 11.0 Å². The molecule has 1 unspecified atom stereocenters. The van der Waals surface area contributed by atoms with E-state index in [4.69, 9.17) is 9.47 Å². The van der Waals surface area contributed by atoms with Crippen molar-refractivity contribution in [3.63, 3.8) is 0 Å². The lowest BCUT2D eigenvalue weighted by molar-refractivity contribution is -0.119. The number of carbonyl (C=O) groups is 1. The van der Waals surface area contributed by atoms with Gasteiger partial charge in [-0.25, -0.2) is 13.4 Å². The van der Waals surface area contributed by atoms with Crippen molar-refractivity contribution in [1.29, 1.82) is 0 Å². The normalized spacial score (nSPS) is 20.4. The predicted molar refractivity (Wildman–Crippen MR) is 118 cm³/mol. The molecule has 4 rings (SSSR count). The Balaban J connectivity index is 1.47. The van der Waals surface area contributed by atoms with Crippen molar-refractivity contribution in [3.8, 4) is 0 Å². The molecule has 2 aliphatic heterocycles. The fourth-order valence-corrected chi connectivity index (χ4v) is 6.15. The summed E-state index contributed by atoms with van der Waals surface area (Å²) in [6.45, 7) is 5.49. The minimum absolute atomic E-state index is 0.0641. The second-order valence-corrected chi connectivity index (χ2v) is 10.4. The highest BCUT2D eigenvalue weighted by Gasteiger charge is 2.27.